The number of rotatable bonds is 1. The van der Waals surface area contributed by atoms with Crippen LogP contribution in [0.4, 0.5) is 0 Å². The zero-order valence-corrected chi connectivity index (χ0v) is 11.4. The lowest BCUT2D eigenvalue weighted by molar-refractivity contribution is 0.986. The Morgan fingerprint density at radius 1 is 0.941 bits per heavy atom. The van der Waals surface area contributed by atoms with E-state index < -0.39 is 0 Å². The molecule has 1 aromatic heterocycles. The van der Waals surface area contributed by atoms with Gasteiger partial charge in [0.25, 0.3) is 0 Å². The lowest BCUT2D eigenvalue weighted by Gasteiger charge is -2.09. The monoisotopic (exact) mass is 244 g/mol. The molecule has 0 saturated heterocycles. The summed E-state index contributed by atoms with van der Waals surface area (Å²) in [5.74, 6) is 0. The first-order chi connectivity index (χ1) is 7.99. The maximum Gasteiger partial charge on any atom is 0.122 e. The van der Waals surface area contributed by atoms with Crippen LogP contribution in [0, 0.1) is 32.3 Å². The van der Waals surface area contributed by atoms with Gasteiger partial charge in [-0.3, -0.25) is 5.10 Å². The van der Waals surface area contributed by atoms with Crippen LogP contribution in [0.25, 0.3) is 11.3 Å². The molecule has 0 aliphatic rings. The van der Waals surface area contributed by atoms with Crippen LogP contribution >= 0.6 is 12.2 Å². The summed E-state index contributed by atoms with van der Waals surface area (Å²) in [5, 5.41) is 7.27. The van der Waals surface area contributed by atoms with Gasteiger partial charge in [-0.25, -0.2) is 0 Å². The predicted octanol–water partition coefficient (Wildman–Crippen LogP) is 4.04. The van der Waals surface area contributed by atoms with E-state index in [-0.39, 0.29) is 0 Å². The van der Waals surface area contributed by atoms with E-state index in [2.05, 4.69) is 49.2 Å². The number of aromatic nitrogens is 2. The van der Waals surface area contributed by atoms with Crippen LogP contribution in [-0.4, -0.2) is 10.2 Å². The average molecular weight is 244 g/mol. The average Bonchev–Trinajstić information content (AvgIpc) is 2.24. The summed E-state index contributed by atoms with van der Waals surface area (Å²) in [7, 11) is 0. The second kappa shape index (κ2) is 4.41. The number of aromatic amines is 1. The fourth-order valence-electron chi connectivity index (χ4n) is 2.01. The van der Waals surface area contributed by atoms with Crippen LogP contribution < -0.4 is 0 Å². The standard InChI is InChI=1S/C14H16N2S/c1-8-5-9(2)7-12(6-8)13-10(3)11(4)14(17)16-15-13/h5-7H,1-4H3,(H,16,17). The highest BCUT2D eigenvalue weighted by Gasteiger charge is 2.08. The van der Waals surface area contributed by atoms with Gasteiger partial charge in [-0.15, -0.1) is 0 Å². The Bertz CT molecular complexity index is 606. The topological polar surface area (TPSA) is 28.7 Å². The van der Waals surface area contributed by atoms with Crippen molar-refractivity contribution in [1.29, 1.82) is 0 Å². The highest BCUT2D eigenvalue weighted by molar-refractivity contribution is 7.71. The summed E-state index contributed by atoms with van der Waals surface area (Å²) in [6.45, 7) is 8.30. The van der Waals surface area contributed by atoms with Gasteiger partial charge in [-0.2, -0.15) is 5.10 Å². The van der Waals surface area contributed by atoms with E-state index in [0.717, 1.165) is 27.0 Å². The molecule has 0 fully saturated rings. The number of nitrogens with zero attached hydrogens (tertiary/aromatic N) is 1. The first-order valence-corrected chi connectivity index (χ1v) is 6.04. The minimum atomic E-state index is 0.718. The van der Waals surface area contributed by atoms with Crippen molar-refractivity contribution in [3.63, 3.8) is 0 Å². The fraction of sp³-hybridized carbons (Fsp3) is 0.286. The Kier molecular flexibility index (Phi) is 3.11. The van der Waals surface area contributed by atoms with Crippen LogP contribution in [0.1, 0.15) is 22.3 Å². The Morgan fingerprint density at radius 2 is 1.53 bits per heavy atom. The van der Waals surface area contributed by atoms with E-state index in [1.54, 1.807) is 0 Å². The summed E-state index contributed by atoms with van der Waals surface area (Å²) < 4.78 is 0.718. The Labute approximate surface area is 107 Å². The molecule has 0 amide bonds. The molecular formula is C14H16N2S. The molecule has 3 heteroatoms. The van der Waals surface area contributed by atoms with Crippen LogP contribution in [0.3, 0.4) is 0 Å². The number of nitrogens with one attached hydrogen (secondary N) is 1. The van der Waals surface area contributed by atoms with Gasteiger partial charge in [0.1, 0.15) is 4.64 Å². The zero-order chi connectivity index (χ0) is 12.6. The van der Waals surface area contributed by atoms with E-state index in [1.165, 1.54) is 11.1 Å². The third kappa shape index (κ3) is 2.29. The van der Waals surface area contributed by atoms with Gasteiger partial charge in [-0.1, -0.05) is 29.4 Å². The molecule has 0 atom stereocenters. The van der Waals surface area contributed by atoms with E-state index in [0.29, 0.717) is 0 Å². The summed E-state index contributed by atoms with van der Waals surface area (Å²) in [6.07, 6.45) is 0. The molecule has 0 radical (unpaired) electrons. The van der Waals surface area contributed by atoms with E-state index >= 15 is 0 Å². The first kappa shape index (κ1) is 12.0. The third-order valence-electron chi connectivity index (χ3n) is 3.02. The number of hydrogen-bond donors (Lipinski definition) is 1. The number of aryl methyl sites for hydroxylation is 2. The van der Waals surface area contributed by atoms with Crippen LogP contribution in [0.15, 0.2) is 18.2 Å². The molecule has 17 heavy (non-hydrogen) atoms. The maximum atomic E-state index is 5.18. The SMILES string of the molecule is Cc1cc(C)cc(-c2n[nH]c(=S)c(C)c2C)c1. The Hall–Kier alpha value is -1.48. The molecule has 0 spiro atoms. The summed E-state index contributed by atoms with van der Waals surface area (Å²) in [4.78, 5) is 0. The van der Waals surface area contributed by atoms with Crippen LogP contribution in [-0.2, 0) is 0 Å². The number of H-pyrrole nitrogens is 1. The van der Waals surface area contributed by atoms with E-state index in [4.69, 9.17) is 12.2 Å². The Balaban J connectivity index is 2.69. The largest absolute Gasteiger partial charge is 0.267 e. The molecule has 0 aliphatic carbocycles. The van der Waals surface area contributed by atoms with Gasteiger partial charge in [0.05, 0.1) is 5.69 Å². The van der Waals surface area contributed by atoms with Crippen molar-refractivity contribution in [2.45, 2.75) is 27.7 Å². The zero-order valence-electron chi connectivity index (χ0n) is 10.6. The van der Waals surface area contributed by atoms with Crippen LogP contribution in [0.5, 0.6) is 0 Å². The van der Waals surface area contributed by atoms with Crippen molar-refractivity contribution in [2.75, 3.05) is 0 Å². The van der Waals surface area contributed by atoms with E-state index in [9.17, 15) is 0 Å². The first-order valence-electron chi connectivity index (χ1n) is 5.63. The van der Waals surface area contributed by atoms with Crippen molar-refractivity contribution in [3.8, 4) is 11.3 Å². The second-order valence-electron chi connectivity index (χ2n) is 4.53. The smallest absolute Gasteiger partial charge is 0.122 e. The molecule has 0 saturated carbocycles. The van der Waals surface area contributed by atoms with Gasteiger partial charge < -0.3 is 0 Å². The number of hydrogen-bond acceptors (Lipinski definition) is 2. The molecule has 1 N–H and O–H groups in total. The quantitative estimate of drug-likeness (QED) is 0.767. The highest BCUT2D eigenvalue weighted by atomic mass is 32.1. The molecule has 1 aromatic carbocycles. The summed E-state index contributed by atoms with van der Waals surface area (Å²) in [6, 6.07) is 6.47. The summed E-state index contributed by atoms with van der Waals surface area (Å²) >= 11 is 5.18. The molecule has 2 rings (SSSR count). The van der Waals surface area contributed by atoms with Crippen molar-refractivity contribution in [1.82, 2.24) is 10.2 Å². The van der Waals surface area contributed by atoms with Gasteiger partial charge in [0.15, 0.2) is 0 Å². The van der Waals surface area contributed by atoms with E-state index in [1.807, 2.05) is 6.92 Å². The van der Waals surface area contributed by atoms with Gasteiger partial charge >= 0.3 is 0 Å². The van der Waals surface area contributed by atoms with Crippen molar-refractivity contribution >= 4 is 12.2 Å². The molecule has 2 nitrogen and oxygen atoms in total. The number of benzene rings is 1. The lowest BCUT2D eigenvalue weighted by Crippen LogP contribution is -1.97. The highest BCUT2D eigenvalue weighted by Crippen LogP contribution is 2.24. The van der Waals surface area contributed by atoms with Gasteiger partial charge in [0, 0.05) is 5.56 Å². The minimum Gasteiger partial charge on any atom is -0.267 e. The molecule has 0 aliphatic heterocycles. The molecule has 1 heterocycles. The molecular weight excluding hydrogens is 228 g/mol. The summed E-state index contributed by atoms with van der Waals surface area (Å²) in [5.41, 5.74) is 6.89. The third-order valence-corrected chi connectivity index (χ3v) is 3.42. The van der Waals surface area contributed by atoms with Crippen molar-refractivity contribution in [3.05, 3.63) is 45.1 Å². The molecule has 0 unspecified atom stereocenters. The normalized spacial score (nSPS) is 10.6. The predicted molar refractivity (Wildman–Crippen MR) is 73.8 cm³/mol. The van der Waals surface area contributed by atoms with Gasteiger partial charge in [0.2, 0.25) is 0 Å². The Morgan fingerprint density at radius 3 is 2.12 bits per heavy atom. The fourth-order valence-corrected chi connectivity index (χ4v) is 2.21. The lowest BCUT2D eigenvalue weighted by atomic mass is 10.0. The van der Waals surface area contributed by atoms with Crippen LogP contribution in [0.2, 0.25) is 0 Å². The maximum absolute atomic E-state index is 5.18. The van der Waals surface area contributed by atoms with Crippen molar-refractivity contribution < 1.29 is 0 Å². The molecule has 0 bridgehead atoms. The van der Waals surface area contributed by atoms with Gasteiger partial charge in [-0.05, 0) is 51.0 Å². The molecule has 88 valence electrons. The van der Waals surface area contributed by atoms with Crippen molar-refractivity contribution in [2.24, 2.45) is 0 Å². The molecule has 2 aromatic rings. The minimum absolute atomic E-state index is 0.718. The second-order valence-corrected chi connectivity index (χ2v) is 4.94.